The third kappa shape index (κ3) is 3.95. The fourth-order valence-electron chi connectivity index (χ4n) is 2.80. The van der Waals surface area contributed by atoms with Gasteiger partial charge in [-0.25, -0.2) is 9.67 Å². The molecule has 0 saturated carbocycles. The minimum Gasteiger partial charge on any atom is -0.303 e. The lowest BCUT2D eigenvalue weighted by atomic mass is 10.2. The molecule has 4 rings (SSSR count). The summed E-state index contributed by atoms with van der Waals surface area (Å²) in [6.07, 6.45) is -1.91. The molecule has 0 saturated heterocycles. The van der Waals surface area contributed by atoms with E-state index in [1.54, 1.807) is 25.1 Å². The van der Waals surface area contributed by atoms with Crippen LogP contribution in [0, 0.1) is 6.92 Å². The van der Waals surface area contributed by atoms with Crippen molar-refractivity contribution in [3.05, 3.63) is 71.4 Å². The number of nitrogens with zero attached hydrogens (tertiary/aromatic N) is 6. The Bertz CT molecular complexity index is 1200. The molecule has 11 heteroatoms. The number of rotatable bonds is 4. The van der Waals surface area contributed by atoms with Crippen LogP contribution in [0.2, 0.25) is 0 Å². The van der Waals surface area contributed by atoms with Crippen LogP contribution in [0.3, 0.4) is 0 Å². The van der Waals surface area contributed by atoms with Gasteiger partial charge in [0.25, 0.3) is 5.91 Å². The van der Waals surface area contributed by atoms with Gasteiger partial charge in [0, 0.05) is 18.1 Å². The number of amides is 1. The van der Waals surface area contributed by atoms with Gasteiger partial charge in [0.1, 0.15) is 5.69 Å². The van der Waals surface area contributed by atoms with Crippen molar-refractivity contribution in [3.63, 3.8) is 0 Å². The molecule has 4 heterocycles. The maximum Gasteiger partial charge on any atom is 0.433 e. The number of alkyl halides is 3. The molecule has 0 aliphatic rings. The Balaban J connectivity index is 1.67. The number of halogens is 3. The molecule has 0 aliphatic carbocycles. The Morgan fingerprint density at radius 1 is 1.17 bits per heavy atom. The lowest BCUT2D eigenvalue weighted by Gasteiger charge is -2.07. The smallest absolute Gasteiger partial charge is 0.303 e. The van der Waals surface area contributed by atoms with Gasteiger partial charge in [-0.2, -0.15) is 23.4 Å². The van der Waals surface area contributed by atoms with Crippen LogP contribution in [-0.2, 0) is 12.7 Å². The van der Waals surface area contributed by atoms with Crippen molar-refractivity contribution in [1.29, 1.82) is 0 Å². The molecule has 4 aromatic heterocycles. The number of hydrogen-bond donors (Lipinski definition) is 1. The van der Waals surface area contributed by atoms with Crippen LogP contribution < -0.4 is 5.32 Å². The average molecular weight is 413 g/mol. The predicted octanol–water partition coefficient (Wildman–Crippen LogP) is 3.24. The summed E-state index contributed by atoms with van der Waals surface area (Å²) in [6.45, 7) is 1.92. The van der Waals surface area contributed by atoms with Crippen LogP contribution in [-0.4, -0.2) is 35.9 Å². The second-order valence-electron chi connectivity index (χ2n) is 6.44. The maximum atomic E-state index is 12.7. The molecule has 0 aliphatic heterocycles. The van der Waals surface area contributed by atoms with E-state index in [1.165, 1.54) is 23.0 Å². The molecule has 1 amide bonds. The van der Waals surface area contributed by atoms with Crippen molar-refractivity contribution in [1.82, 2.24) is 29.9 Å². The van der Waals surface area contributed by atoms with E-state index in [-0.39, 0.29) is 18.1 Å². The van der Waals surface area contributed by atoms with E-state index in [4.69, 9.17) is 0 Å². The first kappa shape index (κ1) is 19.4. The third-order valence-corrected chi connectivity index (χ3v) is 4.22. The van der Waals surface area contributed by atoms with Crippen LogP contribution in [0.1, 0.15) is 27.4 Å². The van der Waals surface area contributed by atoms with Crippen molar-refractivity contribution in [2.75, 3.05) is 5.32 Å². The standard InChI is InChI=1S/C19H14F3N7O/c1-11-4-6-13-16(26-18(30)14-3-2-8-24-27-14)28-29(17(13)25-11)10-12-5-7-15(23-9-12)19(20,21)22/h2-9H,10H2,1H3,(H,26,28,30). The van der Waals surface area contributed by atoms with Gasteiger partial charge in [-0.1, -0.05) is 6.07 Å². The highest BCUT2D eigenvalue weighted by molar-refractivity contribution is 6.06. The van der Waals surface area contributed by atoms with Gasteiger partial charge in [0.05, 0.1) is 11.9 Å². The van der Waals surface area contributed by atoms with E-state index in [2.05, 4.69) is 30.6 Å². The van der Waals surface area contributed by atoms with Crippen molar-refractivity contribution in [2.45, 2.75) is 19.6 Å². The number of anilines is 1. The summed E-state index contributed by atoms with van der Waals surface area (Å²) in [4.78, 5) is 20.3. The van der Waals surface area contributed by atoms with Gasteiger partial charge < -0.3 is 5.32 Å². The molecule has 4 aromatic rings. The molecule has 8 nitrogen and oxygen atoms in total. The molecule has 152 valence electrons. The van der Waals surface area contributed by atoms with Gasteiger partial charge in [0.2, 0.25) is 0 Å². The molecule has 0 atom stereocenters. The molecule has 1 N–H and O–H groups in total. The third-order valence-electron chi connectivity index (χ3n) is 4.22. The summed E-state index contributed by atoms with van der Waals surface area (Å²) in [5.74, 6) is -0.237. The minimum absolute atomic E-state index is 0.118. The SMILES string of the molecule is Cc1ccc2c(NC(=O)c3cccnn3)nn(Cc3ccc(C(F)(F)F)nc3)c2n1. The molecule has 0 bridgehead atoms. The monoisotopic (exact) mass is 413 g/mol. The number of carbonyl (C=O) groups is 1. The van der Waals surface area contributed by atoms with Crippen molar-refractivity contribution >= 4 is 22.8 Å². The second-order valence-corrected chi connectivity index (χ2v) is 6.44. The summed E-state index contributed by atoms with van der Waals surface area (Å²) in [5.41, 5.74) is 0.850. The van der Waals surface area contributed by atoms with E-state index >= 15 is 0 Å². The zero-order valence-corrected chi connectivity index (χ0v) is 15.6. The summed E-state index contributed by atoms with van der Waals surface area (Å²) in [7, 11) is 0. The normalized spacial score (nSPS) is 11.6. The Hall–Kier alpha value is -3.89. The summed E-state index contributed by atoms with van der Waals surface area (Å²) in [6, 6.07) is 8.87. The quantitative estimate of drug-likeness (QED) is 0.552. The number of aromatic nitrogens is 6. The molecule has 0 spiro atoms. The highest BCUT2D eigenvalue weighted by Crippen LogP contribution is 2.28. The summed E-state index contributed by atoms with van der Waals surface area (Å²) >= 11 is 0. The Morgan fingerprint density at radius 3 is 2.67 bits per heavy atom. The lowest BCUT2D eigenvalue weighted by molar-refractivity contribution is -0.141. The Morgan fingerprint density at radius 2 is 2.00 bits per heavy atom. The number of fused-ring (bicyclic) bond motifs is 1. The Labute approximate surface area is 167 Å². The maximum absolute atomic E-state index is 12.7. The second kappa shape index (κ2) is 7.50. The van der Waals surface area contributed by atoms with Gasteiger partial charge in [-0.3, -0.25) is 9.78 Å². The van der Waals surface area contributed by atoms with Crippen LogP contribution in [0.15, 0.2) is 48.8 Å². The topological polar surface area (TPSA) is 98.5 Å². The number of pyridine rings is 2. The number of hydrogen-bond acceptors (Lipinski definition) is 6. The fraction of sp³-hybridized carbons (Fsp3) is 0.158. The van der Waals surface area contributed by atoms with E-state index in [0.717, 1.165) is 18.0 Å². The number of carbonyl (C=O) groups excluding carboxylic acids is 1. The van der Waals surface area contributed by atoms with Crippen molar-refractivity contribution in [3.8, 4) is 0 Å². The number of nitrogens with one attached hydrogen (secondary N) is 1. The molecule has 0 fully saturated rings. The van der Waals surface area contributed by atoms with Gasteiger partial charge in [-0.15, -0.1) is 5.10 Å². The molecular formula is C19H14F3N7O. The lowest BCUT2D eigenvalue weighted by Crippen LogP contribution is -2.15. The Kier molecular flexibility index (Phi) is 4.86. The van der Waals surface area contributed by atoms with Crippen molar-refractivity contribution in [2.24, 2.45) is 0 Å². The first-order chi connectivity index (χ1) is 14.3. The van der Waals surface area contributed by atoms with Crippen molar-refractivity contribution < 1.29 is 18.0 Å². The predicted molar refractivity (Wildman–Crippen MR) is 101 cm³/mol. The van der Waals surface area contributed by atoms with Crippen LogP contribution >= 0.6 is 0 Å². The van der Waals surface area contributed by atoms with Gasteiger partial charge in [0.15, 0.2) is 17.2 Å². The minimum atomic E-state index is -4.51. The van der Waals surface area contributed by atoms with Crippen LogP contribution in [0.25, 0.3) is 11.0 Å². The van der Waals surface area contributed by atoms with Gasteiger partial charge in [-0.05, 0) is 42.8 Å². The largest absolute Gasteiger partial charge is 0.433 e. The number of aryl methyl sites for hydroxylation is 1. The molecular weight excluding hydrogens is 399 g/mol. The zero-order chi connectivity index (χ0) is 21.3. The van der Waals surface area contributed by atoms with E-state index in [1.807, 2.05) is 0 Å². The summed E-state index contributed by atoms with van der Waals surface area (Å²) in [5, 5.41) is 15.1. The first-order valence-electron chi connectivity index (χ1n) is 8.76. The average Bonchev–Trinajstić information content (AvgIpc) is 3.04. The fourth-order valence-corrected chi connectivity index (χ4v) is 2.80. The van der Waals surface area contributed by atoms with Crippen LogP contribution in [0.4, 0.5) is 19.0 Å². The van der Waals surface area contributed by atoms with E-state index < -0.39 is 17.8 Å². The zero-order valence-electron chi connectivity index (χ0n) is 15.6. The highest BCUT2D eigenvalue weighted by atomic mass is 19.4. The molecule has 0 radical (unpaired) electrons. The van der Waals surface area contributed by atoms with Gasteiger partial charge >= 0.3 is 6.18 Å². The first-order valence-corrected chi connectivity index (χ1v) is 8.76. The summed E-state index contributed by atoms with van der Waals surface area (Å²) < 4.78 is 39.7. The molecule has 0 aromatic carbocycles. The van der Waals surface area contributed by atoms with Crippen LogP contribution in [0.5, 0.6) is 0 Å². The van der Waals surface area contributed by atoms with E-state index in [9.17, 15) is 18.0 Å². The molecule has 0 unspecified atom stereocenters. The highest BCUT2D eigenvalue weighted by Gasteiger charge is 2.32. The molecule has 30 heavy (non-hydrogen) atoms. The van der Waals surface area contributed by atoms with E-state index in [0.29, 0.717) is 16.6 Å².